The van der Waals surface area contributed by atoms with Crippen LogP contribution in [-0.4, -0.2) is 48.9 Å². The molecule has 1 aromatic rings. The molecule has 0 radical (unpaired) electrons. The smallest absolute Gasteiger partial charge is 0.253 e. The van der Waals surface area contributed by atoms with Crippen molar-refractivity contribution >= 4 is 18.5 Å². The van der Waals surface area contributed by atoms with Crippen LogP contribution in [0.3, 0.4) is 0 Å². The Kier molecular flexibility index (Phi) is 4.30. The van der Waals surface area contributed by atoms with Crippen LogP contribution in [-0.2, 0) is 0 Å². The van der Waals surface area contributed by atoms with Crippen LogP contribution in [0.2, 0.25) is 0 Å². The summed E-state index contributed by atoms with van der Waals surface area (Å²) in [5.74, 6) is 0.139. The van der Waals surface area contributed by atoms with Crippen LogP contribution < -0.4 is 0 Å². The predicted molar refractivity (Wildman–Crippen MR) is 76.3 cm³/mol. The molecule has 1 saturated heterocycles. The van der Waals surface area contributed by atoms with Crippen molar-refractivity contribution in [2.75, 3.05) is 27.2 Å². The van der Waals surface area contributed by atoms with E-state index < -0.39 is 0 Å². The second-order valence-corrected chi connectivity index (χ2v) is 5.55. The first-order chi connectivity index (χ1) is 8.58. The minimum absolute atomic E-state index is 0.139. The van der Waals surface area contributed by atoms with Gasteiger partial charge in [0.25, 0.3) is 5.91 Å². The number of hydrogen-bond acceptors (Lipinski definition) is 3. The quantitative estimate of drug-likeness (QED) is 0.827. The van der Waals surface area contributed by atoms with Crippen molar-refractivity contribution in [2.45, 2.75) is 23.8 Å². The molecule has 0 aliphatic carbocycles. The lowest BCUT2D eigenvalue weighted by molar-refractivity contribution is 0.0663. The van der Waals surface area contributed by atoms with Crippen LogP contribution in [0.15, 0.2) is 29.2 Å². The molecule has 1 fully saturated rings. The van der Waals surface area contributed by atoms with E-state index in [1.165, 1.54) is 0 Å². The fourth-order valence-corrected chi connectivity index (χ4v) is 2.52. The summed E-state index contributed by atoms with van der Waals surface area (Å²) in [6.07, 6.45) is 2.12. The maximum absolute atomic E-state index is 12.3. The number of rotatable bonds is 2. The summed E-state index contributed by atoms with van der Waals surface area (Å²) in [6, 6.07) is 8.03. The molecule has 0 bridgehead atoms. The van der Waals surface area contributed by atoms with Crippen molar-refractivity contribution in [2.24, 2.45) is 0 Å². The summed E-state index contributed by atoms with van der Waals surface area (Å²) in [6.45, 7) is 1.70. The first kappa shape index (κ1) is 13.4. The second-order valence-electron chi connectivity index (χ2n) is 5.03. The average Bonchev–Trinajstić information content (AvgIpc) is 2.39. The molecule has 2 rings (SSSR count). The molecule has 0 saturated carbocycles. The summed E-state index contributed by atoms with van der Waals surface area (Å²) in [7, 11) is 4.21. The number of thiol groups is 1. The zero-order chi connectivity index (χ0) is 13.1. The van der Waals surface area contributed by atoms with E-state index in [9.17, 15) is 4.79 Å². The first-order valence-corrected chi connectivity index (χ1v) is 6.77. The Bertz CT molecular complexity index is 408. The molecular weight excluding hydrogens is 244 g/mol. The van der Waals surface area contributed by atoms with Crippen molar-refractivity contribution in [3.8, 4) is 0 Å². The van der Waals surface area contributed by atoms with Crippen LogP contribution in [0.4, 0.5) is 0 Å². The van der Waals surface area contributed by atoms with Crippen LogP contribution in [0.1, 0.15) is 23.2 Å². The number of benzene rings is 1. The van der Waals surface area contributed by atoms with E-state index in [1.807, 2.05) is 29.2 Å². The van der Waals surface area contributed by atoms with Crippen molar-refractivity contribution in [3.63, 3.8) is 0 Å². The lowest BCUT2D eigenvalue weighted by Crippen LogP contribution is -2.44. The molecule has 4 heteroatoms. The van der Waals surface area contributed by atoms with E-state index in [2.05, 4.69) is 31.6 Å². The Balaban J connectivity index is 1.97. The summed E-state index contributed by atoms with van der Waals surface area (Å²) in [5, 5.41) is 0. The van der Waals surface area contributed by atoms with Crippen LogP contribution in [0, 0.1) is 0 Å². The highest BCUT2D eigenvalue weighted by Crippen LogP contribution is 2.17. The van der Waals surface area contributed by atoms with E-state index in [0.717, 1.165) is 36.4 Å². The molecule has 0 N–H and O–H groups in total. The van der Waals surface area contributed by atoms with Crippen LogP contribution in [0.25, 0.3) is 0 Å². The monoisotopic (exact) mass is 264 g/mol. The fourth-order valence-electron chi connectivity index (χ4n) is 2.37. The van der Waals surface area contributed by atoms with E-state index in [-0.39, 0.29) is 5.91 Å². The van der Waals surface area contributed by atoms with Crippen molar-refractivity contribution in [1.82, 2.24) is 9.80 Å². The van der Waals surface area contributed by atoms with E-state index in [4.69, 9.17) is 0 Å². The topological polar surface area (TPSA) is 23.6 Å². The molecule has 98 valence electrons. The van der Waals surface area contributed by atoms with Gasteiger partial charge in [0.1, 0.15) is 0 Å². The molecule has 1 aliphatic heterocycles. The Labute approximate surface area is 114 Å². The summed E-state index contributed by atoms with van der Waals surface area (Å²) in [5.41, 5.74) is 0.760. The standard InChI is InChI=1S/C14H20N2OS/c1-15(2)12-7-9-16(10-8-12)14(17)11-3-5-13(18)6-4-11/h3-6,12,18H,7-10H2,1-2H3. The van der Waals surface area contributed by atoms with E-state index in [0.29, 0.717) is 6.04 Å². The van der Waals surface area contributed by atoms with Gasteiger partial charge in [-0.1, -0.05) is 0 Å². The molecule has 18 heavy (non-hydrogen) atoms. The van der Waals surface area contributed by atoms with Crippen molar-refractivity contribution < 1.29 is 4.79 Å². The van der Waals surface area contributed by atoms with Gasteiger partial charge in [-0.3, -0.25) is 4.79 Å². The molecule has 1 heterocycles. The Morgan fingerprint density at radius 3 is 2.28 bits per heavy atom. The number of hydrogen-bond donors (Lipinski definition) is 1. The molecule has 1 amide bonds. The number of amides is 1. The highest BCUT2D eigenvalue weighted by atomic mass is 32.1. The van der Waals surface area contributed by atoms with Crippen LogP contribution >= 0.6 is 12.6 Å². The Morgan fingerprint density at radius 1 is 1.22 bits per heavy atom. The van der Waals surface area contributed by atoms with Gasteiger partial charge >= 0.3 is 0 Å². The molecule has 0 aromatic heterocycles. The number of carbonyl (C=O) groups is 1. The number of nitrogens with zero attached hydrogens (tertiary/aromatic N) is 2. The SMILES string of the molecule is CN(C)C1CCN(C(=O)c2ccc(S)cc2)CC1. The molecule has 0 spiro atoms. The number of likely N-dealkylation sites (tertiary alicyclic amines) is 1. The third-order valence-corrected chi connectivity index (χ3v) is 3.89. The second kappa shape index (κ2) is 5.76. The molecule has 3 nitrogen and oxygen atoms in total. The zero-order valence-electron chi connectivity index (χ0n) is 11.0. The minimum atomic E-state index is 0.139. The molecule has 0 unspecified atom stereocenters. The Morgan fingerprint density at radius 2 is 1.78 bits per heavy atom. The summed E-state index contributed by atoms with van der Waals surface area (Å²) >= 11 is 4.23. The van der Waals surface area contributed by atoms with E-state index in [1.54, 1.807) is 0 Å². The largest absolute Gasteiger partial charge is 0.339 e. The lowest BCUT2D eigenvalue weighted by Gasteiger charge is -2.35. The molecule has 0 atom stereocenters. The normalized spacial score (nSPS) is 17.2. The molecule has 1 aromatic carbocycles. The third-order valence-electron chi connectivity index (χ3n) is 3.60. The van der Waals surface area contributed by atoms with Gasteiger partial charge < -0.3 is 9.80 Å². The van der Waals surface area contributed by atoms with Gasteiger partial charge in [-0.25, -0.2) is 0 Å². The highest BCUT2D eigenvalue weighted by Gasteiger charge is 2.24. The van der Waals surface area contributed by atoms with Gasteiger partial charge in [-0.15, -0.1) is 12.6 Å². The number of piperidine rings is 1. The summed E-state index contributed by atoms with van der Waals surface area (Å²) in [4.78, 5) is 17.4. The van der Waals surface area contributed by atoms with Crippen molar-refractivity contribution in [3.05, 3.63) is 29.8 Å². The van der Waals surface area contributed by atoms with Gasteiger partial charge in [0, 0.05) is 29.6 Å². The lowest BCUT2D eigenvalue weighted by atomic mass is 10.0. The predicted octanol–water partition coefficient (Wildman–Crippen LogP) is 2.14. The van der Waals surface area contributed by atoms with Crippen LogP contribution in [0.5, 0.6) is 0 Å². The molecular formula is C14H20N2OS. The van der Waals surface area contributed by atoms with Gasteiger partial charge in [0.05, 0.1) is 0 Å². The van der Waals surface area contributed by atoms with Gasteiger partial charge in [0.2, 0.25) is 0 Å². The maximum Gasteiger partial charge on any atom is 0.253 e. The molecule has 1 aliphatic rings. The summed E-state index contributed by atoms with van der Waals surface area (Å²) < 4.78 is 0. The van der Waals surface area contributed by atoms with E-state index >= 15 is 0 Å². The first-order valence-electron chi connectivity index (χ1n) is 6.32. The fraction of sp³-hybridized carbons (Fsp3) is 0.500. The van der Waals surface area contributed by atoms with Gasteiger partial charge in [-0.05, 0) is 51.2 Å². The Hall–Kier alpha value is -1.00. The minimum Gasteiger partial charge on any atom is -0.339 e. The van der Waals surface area contributed by atoms with Gasteiger partial charge in [0.15, 0.2) is 0 Å². The van der Waals surface area contributed by atoms with Crippen molar-refractivity contribution in [1.29, 1.82) is 0 Å². The average molecular weight is 264 g/mol. The zero-order valence-corrected chi connectivity index (χ0v) is 11.9. The number of carbonyl (C=O) groups excluding carboxylic acids is 1. The highest BCUT2D eigenvalue weighted by molar-refractivity contribution is 7.80. The third kappa shape index (κ3) is 3.06. The maximum atomic E-state index is 12.3. The van der Waals surface area contributed by atoms with Gasteiger partial charge in [-0.2, -0.15) is 0 Å².